The molecular weight excluding hydrogens is 585 g/mol. The Labute approximate surface area is 275 Å². The van der Waals surface area contributed by atoms with Crippen molar-refractivity contribution in [1.82, 2.24) is 0 Å². The van der Waals surface area contributed by atoms with Crippen molar-refractivity contribution in [2.45, 2.75) is 0 Å². The van der Waals surface area contributed by atoms with Gasteiger partial charge < -0.3 is 8.83 Å². The number of hydrogen-bond acceptors (Lipinski definition) is 2. The summed E-state index contributed by atoms with van der Waals surface area (Å²) in [6, 6.07) is 56.8. The number of fused-ring (bicyclic) bond motifs is 12. The lowest BCUT2D eigenvalue weighted by Crippen LogP contribution is -1.91. The van der Waals surface area contributed by atoms with Gasteiger partial charge >= 0.3 is 0 Å². The van der Waals surface area contributed by atoms with Crippen LogP contribution < -0.4 is 0 Å². The van der Waals surface area contributed by atoms with Gasteiger partial charge in [0.15, 0.2) is 11.2 Å². The minimum atomic E-state index is 0.791. The van der Waals surface area contributed by atoms with Crippen molar-refractivity contribution in [2.24, 2.45) is 0 Å². The second kappa shape index (κ2) is 9.57. The Bertz CT molecular complexity index is 3060. The third-order valence-electron chi connectivity index (χ3n) is 10.2. The summed E-state index contributed by atoms with van der Waals surface area (Å²) < 4.78 is 13.1. The lowest BCUT2D eigenvalue weighted by molar-refractivity contribution is 0.633. The Hall–Kier alpha value is -6.38. The van der Waals surface area contributed by atoms with Gasteiger partial charge in [0.1, 0.15) is 11.2 Å². The largest absolute Gasteiger partial charge is 0.452 e. The van der Waals surface area contributed by atoms with Gasteiger partial charge in [0.05, 0.1) is 0 Å². The Morgan fingerprint density at radius 2 is 0.854 bits per heavy atom. The fourth-order valence-electron chi connectivity index (χ4n) is 8.16. The molecule has 11 aromatic rings. The molecule has 2 heteroatoms. The highest BCUT2D eigenvalue weighted by Crippen LogP contribution is 2.48. The summed E-state index contributed by atoms with van der Waals surface area (Å²) in [4.78, 5) is 0. The van der Waals surface area contributed by atoms with E-state index in [2.05, 4.69) is 146 Å². The van der Waals surface area contributed by atoms with Crippen LogP contribution in [-0.2, 0) is 0 Å². The van der Waals surface area contributed by atoms with Crippen LogP contribution in [0.1, 0.15) is 0 Å². The molecule has 0 aliphatic rings. The zero-order valence-electron chi connectivity index (χ0n) is 25.8. The van der Waals surface area contributed by atoms with Gasteiger partial charge in [-0.25, -0.2) is 0 Å². The molecule has 0 unspecified atom stereocenters. The van der Waals surface area contributed by atoms with Crippen LogP contribution in [0.25, 0.3) is 109 Å². The van der Waals surface area contributed by atoms with E-state index in [9.17, 15) is 0 Å². The van der Waals surface area contributed by atoms with E-state index in [0.29, 0.717) is 0 Å². The summed E-state index contributed by atoms with van der Waals surface area (Å²) in [5, 5.41) is 14.3. The standard InChI is InChI=1S/C46H26O2/c1-2-11-30-27(10-1)20-21-28-22-23-29(26-39(28)30)42-32-13-3-5-15-34(32)43(35-16-6-4-14-33(35)42)37-17-9-19-41-44(37)38-25-24-36-31-12-7-8-18-40(31)47-45(36)46(38)48-41/h1-26H. The molecule has 0 fully saturated rings. The zero-order valence-corrected chi connectivity index (χ0v) is 25.8. The second-order valence-electron chi connectivity index (χ2n) is 12.8. The first-order valence-corrected chi connectivity index (χ1v) is 16.4. The lowest BCUT2D eigenvalue weighted by Gasteiger charge is -2.18. The van der Waals surface area contributed by atoms with Gasteiger partial charge in [-0.05, 0) is 95.7 Å². The van der Waals surface area contributed by atoms with Gasteiger partial charge in [-0.2, -0.15) is 0 Å². The van der Waals surface area contributed by atoms with E-state index in [1.807, 2.05) is 12.1 Å². The molecule has 2 aromatic heterocycles. The van der Waals surface area contributed by atoms with E-state index in [0.717, 1.165) is 49.4 Å². The summed E-state index contributed by atoms with van der Waals surface area (Å²) >= 11 is 0. The fourth-order valence-corrected chi connectivity index (χ4v) is 8.16. The highest BCUT2D eigenvalue weighted by molar-refractivity contribution is 6.28. The van der Waals surface area contributed by atoms with Gasteiger partial charge in [-0.15, -0.1) is 0 Å². The maximum Gasteiger partial charge on any atom is 0.178 e. The molecule has 0 saturated heterocycles. The maximum absolute atomic E-state index is 6.66. The number of para-hydroxylation sites is 1. The predicted octanol–water partition coefficient (Wildman–Crippen LogP) is 13.4. The summed E-state index contributed by atoms with van der Waals surface area (Å²) in [7, 11) is 0. The van der Waals surface area contributed by atoms with Gasteiger partial charge in [0, 0.05) is 21.5 Å². The van der Waals surface area contributed by atoms with Crippen molar-refractivity contribution < 1.29 is 8.83 Å². The van der Waals surface area contributed by atoms with Gasteiger partial charge in [0.2, 0.25) is 0 Å². The molecule has 2 heterocycles. The number of rotatable bonds is 2. The van der Waals surface area contributed by atoms with Crippen molar-refractivity contribution >= 4 is 87.0 Å². The predicted molar refractivity (Wildman–Crippen MR) is 202 cm³/mol. The SMILES string of the molecule is c1ccc2c(c1)ccc1ccc(-c3c4ccccc4c(-c4cccc5oc6c(ccc7c8ccccc8oc76)c45)c4ccccc34)cc12. The third kappa shape index (κ3) is 3.46. The molecule has 0 radical (unpaired) electrons. The minimum Gasteiger partial charge on any atom is -0.452 e. The van der Waals surface area contributed by atoms with E-state index >= 15 is 0 Å². The quantitative estimate of drug-likeness (QED) is 0.144. The molecule has 0 aliphatic carbocycles. The van der Waals surface area contributed by atoms with Crippen LogP contribution in [0.5, 0.6) is 0 Å². The molecule has 0 saturated carbocycles. The van der Waals surface area contributed by atoms with Crippen LogP contribution in [0.4, 0.5) is 0 Å². The van der Waals surface area contributed by atoms with E-state index in [-0.39, 0.29) is 0 Å². The molecule has 9 aromatic carbocycles. The molecule has 2 nitrogen and oxygen atoms in total. The number of benzene rings is 9. The average Bonchev–Trinajstić information content (AvgIpc) is 3.72. The van der Waals surface area contributed by atoms with Crippen molar-refractivity contribution in [2.75, 3.05) is 0 Å². The van der Waals surface area contributed by atoms with Crippen molar-refractivity contribution in [3.63, 3.8) is 0 Å². The molecule has 222 valence electrons. The van der Waals surface area contributed by atoms with Crippen LogP contribution in [0.2, 0.25) is 0 Å². The molecule has 0 amide bonds. The van der Waals surface area contributed by atoms with Crippen molar-refractivity contribution in [1.29, 1.82) is 0 Å². The normalized spacial score (nSPS) is 12.2. The highest BCUT2D eigenvalue weighted by Gasteiger charge is 2.22. The fraction of sp³-hybridized carbons (Fsp3) is 0. The van der Waals surface area contributed by atoms with Crippen LogP contribution >= 0.6 is 0 Å². The Morgan fingerprint density at radius 3 is 1.62 bits per heavy atom. The monoisotopic (exact) mass is 610 g/mol. The van der Waals surface area contributed by atoms with Crippen molar-refractivity contribution in [3.05, 3.63) is 158 Å². The smallest absolute Gasteiger partial charge is 0.178 e. The third-order valence-corrected chi connectivity index (χ3v) is 10.2. The minimum absolute atomic E-state index is 0.791. The van der Waals surface area contributed by atoms with Gasteiger partial charge in [-0.3, -0.25) is 0 Å². The Morgan fingerprint density at radius 1 is 0.312 bits per heavy atom. The van der Waals surface area contributed by atoms with Crippen LogP contribution in [0.15, 0.2) is 167 Å². The molecule has 0 aliphatic heterocycles. The molecule has 48 heavy (non-hydrogen) atoms. The highest BCUT2D eigenvalue weighted by atomic mass is 16.4. The molecule has 0 N–H and O–H groups in total. The van der Waals surface area contributed by atoms with Gasteiger partial charge in [0.25, 0.3) is 0 Å². The Kier molecular flexibility index (Phi) is 5.14. The van der Waals surface area contributed by atoms with Crippen LogP contribution in [0.3, 0.4) is 0 Å². The van der Waals surface area contributed by atoms with Gasteiger partial charge in [-0.1, -0.05) is 127 Å². The molecule has 0 atom stereocenters. The first-order valence-electron chi connectivity index (χ1n) is 16.4. The summed E-state index contributed by atoms with van der Waals surface area (Å²) in [6.07, 6.45) is 0. The maximum atomic E-state index is 6.66. The van der Waals surface area contributed by atoms with E-state index in [1.54, 1.807) is 0 Å². The number of hydrogen-bond donors (Lipinski definition) is 0. The molecule has 11 rings (SSSR count). The first-order chi connectivity index (χ1) is 23.8. The average molecular weight is 611 g/mol. The van der Waals surface area contributed by atoms with E-state index in [4.69, 9.17) is 8.83 Å². The van der Waals surface area contributed by atoms with E-state index in [1.165, 1.54) is 59.8 Å². The first kappa shape index (κ1) is 25.8. The van der Waals surface area contributed by atoms with E-state index < -0.39 is 0 Å². The second-order valence-corrected chi connectivity index (χ2v) is 12.8. The Balaban J connectivity index is 1.25. The summed E-state index contributed by atoms with van der Waals surface area (Å²) in [6.45, 7) is 0. The zero-order chi connectivity index (χ0) is 31.3. The van der Waals surface area contributed by atoms with Crippen LogP contribution in [-0.4, -0.2) is 0 Å². The van der Waals surface area contributed by atoms with Crippen molar-refractivity contribution in [3.8, 4) is 22.3 Å². The topological polar surface area (TPSA) is 26.3 Å². The summed E-state index contributed by atoms with van der Waals surface area (Å²) in [5.74, 6) is 0. The van der Waals surface area contributed by atoms with Crippen LogP contribution in [0, 0.1) is 0 Å². The molecule has 0 spiro atoms. The molecular formula is C46H26O2. The molecule has 0 bridgehead atoms. The summed E-state index contributed by atoms with van der Waals surface area (Å²) in [5.41, 5.74) is 8.16. The lowest BCUT2D eigenvalue weighted by atomic mass is 9.84. The number of furan rings is 2.